The Morgan fingerprint density at radius 1 is 1.17 bits per heavy atom. The fourth-order valence-corrected chi connectivity index (χ4v) is 3.12. The van der Waals surface area contributed by atoms with Gasteiger partial charge in [-0.15, -0.1) is 0 Å². The molecular formula is C22H26N4O3. The zero-order valence-corrected chi connectivity index (χ0v) is 16.7. The number of aliphatic hydroxyl groups excluding tert-OH is 1. The number of aromatic nitrogens is 2. The zero-order chi connectivity index (χ0) is 20.6. The smallest absolute Gasteiger partial charge is 0.324 e. The third-order valence-electron chi connectivity index (χ3n) is 4.66. The van der Waals surface area contributed by atoms with Crippen LogP contribution in [0, 0.1) is 0 Å². The van der Waals surface area contributed by atoms with Crippen LogP contribution in [0.4, 0.5) is 10.5 Å². The molecule has 0 saturated carbocycles. The molecule has 3 rings (SSSR count). The molecule has 3 aromatic rings. The molecule has 7 heteroatoms. The quantitative estimate of drug-likeness (QED) is 0.612. The van der Waals surface area contributed by atoms with Crippen LogP contribution in [0.2, 0.25) is 0 Å². The number of hydrogen-bond donors (Lipinski definition) is 2. The molecule has 1 aromatic heterocycles. The topological polar surface area (TPSA) is 81.7 Å². The van der Waals surface area contributed by atoms with Crippen molar-refractivity contribution >= 4 is 11.7 Å². The molecule has 0 unspecified atom stereocenters. The average Bonchev–Trinajstić information content (AvgIpc) is 3.29. The molecule has 0 aliphatic rings. The summed E-state index contributed by atoms with van der Waals surface area (Å²) < 4.78 is 5.26. The first-order chi connectivity index (χ1) is 14.1. The largest absolute Gasteiger partial charge is 0.497 e. The number of urea groups is 1. The molecule has 2 aromatic carbocycles. The molecule has 2 N–H and O–H groups in total. The lowest BCUT2D eigenvalue weighted by molar-refractivity contribution is 0.212. The molecule has 0 saturated heterocycles. The summed E-state index contributed by atoms with van der Waals surface area (Å²) in [5.41, 5.74) is 3.77. The van der Waals surface area contributed by atoms with Crippen molar-refractivity contribution in [3.05, 3.63) is 66.5 Å². The van der Waals surface area contributed by atoms with Crippen LogP contribution >= 0.6 is 0 Å². The lowest BCUT2D eigenvalue weighted by Crippen LogP contribution is -2.41. The number of hydrogen-bond acceptors (Lipinski definition) is 4. The molecule has 0 aliphatic heterocycles. The molecule has 1 heterocycles. The van der Waals surface area contributed by atoms with Gasteiger partial charge in [-0.05, 0) is 41.8 Å². The van der Waals surface area contributed by atoms with Gasteiger partial charge in [-0.3, -0.25) is 10.00 Å². The van der Waals surface area contributed by atoms with Crippen molar-refractivity contribution in [2.75, 3.05) is 32.2 Å². The summed E-state index contributed by atoms with van der Waals surface area (Å²) in [7, 11) is 3.39. The second-order valence-electron chi connectivity index (χ2n) is 6.75. The van der Waals surface area contributed by atoms with Crippen LogP contribution < -0.4 is 9.64 Å². The number of aromatic amines is 1. The van der Waals surface area contributed by atoms with Crippen LogP contribution in [0.1, 0.15) is 12.0 Å². The van der Waals surface area contributed by atoms with Gasteiger partial charge < -0.3 is 14.7 Å². The lowest BCUT2D eigenvalue weighted by Gasteiger charge is -2.28. The number of anilines is 1. The van der Waals surface area contributed by atoms with E-state index in [1.54, 1.807) is 30.2 Å². The van der Waals surface area contributed by atoms with Gasteiger partial charge in [0.2, 0.25) is 0 Å². The van der Waals surface area contributed by atoms with Crippen molar-refractivity contribution in [3.8, 4) is 16.9 Å². The van der Waals surface area contributed by atoms with Crippen LogP contribution in [-0.4, -0.2) is 53.5 Å². The summed E-state index contributed by atoms with van der Waals surface area (Å²) in [4.78, 5) is 16.5. The number of rotatable bonds is 8. The highest BCUT2D eigenvalue weighted by Gasteiger charge is 2.20. The summed E-state index contributed by atoms with van der Waals surface area (Å²) in [6.45, 7) is 0.915. The van der Waals surface area contributed by atoms with E-state index < -0.39 is 0 Å². The molecule has 29 heavy (non-hydrogen) atoms. The van der Waals surface area contributed by atoms with Crippen molar-refractivity contribution in [2.45, 2.75) is 13.0 Å². The molecule has 0 spiro atoms. The highest BCUT2D eigenvalue weighted by Crippen LogP contribution is 2.24. The molecule has 2 amide bonds. The molecule has 0 atom stereocenters. The first-order valence-corrected chi connectivity index (χ1v) is 9.48. The average molecular weight is 394 g/mol. The van der Waals surface area contributed by atoms with E-state index in [0.29, 0.717) is 19.5 Å². The number of methoxy groups -OCH3 is 1. The van der Waals surface area contributed by atoms with Gasteiger partial charge in [0, 0.05) is 44.2 Å². The highest BCUT2D eigenvalue weighted by molar-refractivity contribution is 5.92. The van der Waals surface area contributed by atoms with E-state index >= 15 is 0 Å². The molecular weight excluding hydrogens is 368 g/mol. The fourth-order valence-electron chi connectivity index (χ4n) is 3.12. The minimum Gasteiger partial charge on any atom is -0.497 e. The SMILES string of the molecule is COc1cccc(CN(C)C(=O)N(CCCO)c2ccc(-c3cn[nH]c3)cc2)c1. The third kappa shape index (κ3) is 5.14. The van der Waals surface area contributed by atoms with E-state index in [2.05, 4.69) is 10.2 Å². The molecule has 152 valence electrons. The number of benzene rings is 2. The number of carbonyl (C=O) groups excluding carboxylic acids is 1. The van der Waals surface area contributed by atoms with Gasteiger partial charge in [0.15, 0.2) is 0 Å². The number of H-pyrrole nitrogens is 1. The minimum atomic E-state index is -0.127. The Balaban J connectivity index is 1.76. The standard InChI is InChI=1S/C22H26N4O3/c1-25(16-17-5-3-6-21(13-17)29-2)22(28)26(11-4-12-27)20-9-7-18(8-10-20)19-14-23-24-15-19/h3,5-10,13-15,27H,4,11-12,16H2,1-2H3,(H,23,24). The van der Waals surface area contributed by atoms with E-state index in [0.717, 1.165) is 28.1 Å². The predicted molar refractivity (Wildman–Crippen MR) is 113 cm³/mol. The first kappa shape index (κ1) is 20.4. The zero-order valence-electron chi connectivity index (χ0n) is 16.7. The van der Waals surface area contributed by atoms with Gasteiger partial charge in [0.25, 0.3) is 0 Å². The first-order valence-electron chi connectivity index (χ1n) is 9.48. The van der Waals surface area contributed by atoms with Gasteiger partial charge in [-0.1, -0.05) is 24.3 Å². The van der Waals surface area contributed by atoms with E-state index in [1.165, 1.54) is 0 Å². The summed E-state index contributed by atoms with van der Waals surface area (Å²) in [6.07, 6.45) is 4.08. The van der Waals surface area contributed by atoms with Gasteiger partial charge in [-0.2, -0.15) is 5.10 Å². The van der Waals surface area contributed by atoms with Gasteiger partial charge >= 0.3 is 6.03 Å². The van der Waals surface area contributed by atoms with Crippen LogP contribution in [0.15, 0.2) is 60.9 Å². The van der Waals surface area contributed by atoms with Gasteiger partial charge in [0.1, 0.15) is 5.75 Å². The van der Waals surface area contributed by atoms with E-state index in [4.69, 9.17) is 4.74 Å². The van der Waals surface area contributed by atoms with Crippen molar-refractivity contribution in [2.24, 2.45) is 0 Å². The van der Waals surface area contributed by atoms with E-state index in [9.17, 15) is 9.90 Å². The van der Waals surface area contributed by atoms with Crippen molar-refractivity contribution in [3.63, 3.8) is 0 Å². The van der Waals surface area contributed by atoms with Crippen LogP contribution in [-0.2, 0) is 6.54 Å². The molecule has 0 bridgehead atoms. The molecule has 7 nitrogen and oxygen atoms in total. The van der Waals surface area contributed by atoms with Crippen LogP contribution in [0.5, 0.6) is 5.75 Å². The third-order valence-corrected chi connectivity index (χ3v) is 4.66. The van der Waals surface area contributed by atoms with E-state index in [-0.39, 0.29) is 12.6 Å². The fraction of sp³-hybridized carbons (Fsp3) is 0.273. The monoisotopic (exact) mass is 394 g/mol. The minimum absolute atomic E-state index is 0.0243. The molecule has 0 radical (unpaired) electrons. The Morgan fingerprint density at radius 3 is 2.62 bits per heavy atom. The Hall–Kier alpha value is -3.32. The van der Waals surface area contributed by atoms with E-state index in [1.807, 2.05) is 54.7 Å². The maximum Gasteiger partial charge on any atom is 0.324 e. The maximum absolute atomic E-state index is 13.1. The summed E-state index contributed by atoms with van der Waals surface area (Å²) in [5.74, 6) is 0.760. The van der Waals surface area contributed by atoms with Crippen molar-refractivity contribution in [1.82, 2.24) is 15.1 Å². The normalized spacial score (nSPS) is 10.6. The summed E-state index contributed by atoms with van der Waals surface area (Å²) in [6, 6.07) is 15.3. The van der Waals surface area contributed by atoms with Gasteiger partial charge in [-0.25, -0.2) is 4.79 Å². The number of carbonyl (C=O) groups is 1. The van der Waals surface area contributed by atoms with Gasteiger partial charge in [0.05, 0.1) is 13.3 Å². The Kier molecular flexibility index (Phi) is 6.86. The Morgan fingerprint density at radius 2 is 1.97 bits per heavy atom. The maximum atomic E-state index is 13.1. The lowest BCUT2D eigenvalue weighted by atomic mass is 10.1. The van der Waals surface area contributed by atoms with Crippen LogP contribution in [0.25, 0.3) is 11.1 Å². The number of amides is 2. The second kappa shape index (κ2) is 9.75. The highest BCUT2D eigenvalue weighted by atomic mass is 16.5. The number of nitrogens with zero attached hydrogens (tertiary/aromatic N) is 3. The summed E-state index contributed by atoms with van der Waals surface area (Å²) in [5, 5.41) is 16.0. The summed E-state index contributed by atoms with van der Waals surface area (Å²) >= 11 is 0. The van der Waals surface area contributed by atoms with Crippen LogP contribution in [0.3, 0.4) is 0 Å². The Labute approximate surface area is 170 Å². The number of nitrogens with one attached hydrogen (secondary N) is 1. The predicted octanol–water partition coefficient (Wildman–Crippen LogP) is 3.53. The van der Waals surface area contributed by atoms with Crippen molar-refractivity contribution in [1.29, 1.82) is 0 Å². The molecule has 0 fully saturated rings. The Bertz CT molecular complexity index is 910. The second-order valence-corrected chi connectivity index (χ2v) is 6.75. The van der Waals surface area contributed by atoms with Crippen molar-refractivity contribution < 1.29 is 14.6 Å². The molecule has 0 aliphatic carbocycles. The number of aliphatic hydroxyl groups is 1. The number of ether oxygens (including phenoxy) is 1.